The first-order chi connectivity index (χ1) is 7.83. The summed E-state index contributed by atoms with van der Waals surface area (Å²) in [5, 5.41) is 0. The molecule has 17 heavy (non-hydrogen) atoms. The van der Waals surface area contributed by atoms with E-state index < -0.39 is 5.60 Å². The fourth-order valence-corrected chi connectivity index (χ4v) is 2.04. The third kappa shape index (κ3) is 4.26. The molecule has 4 nitrogen and oxygen atoms in total. The van der Waals surface area contributed by atoms with Gasteiger partial charge in [0.15, 0.2) is 0 Å². The first-order valence-corrected chi connectivity index (χ1v) is 6.14. The third-order valence-electron chi connectivity index (χ3n) is 3.06. The van der Waals surface area contributed by atoms with Gasteiger partial charge in [-0.1, -0.05) is 6.92 Å². The van der Waals surface area contributed by atoms with Crippen molar-refractivity contribution in [1.82, 2.24) is 4.90 Å². The summed E-state index contributed by atoms with van der Waals surface area (Å²) in [7, 11) is 0. The van der Waals surface area contributed by atoms with Crippen LogP contribution in [0.3, 0.4) is 0 Å². The lowest BCUT2D eigenvalue weighted by atomic mass is 9.94. The predicted octanol–water partition coefficient (Wildman–Crippen LogP) is 2.80. The van der Waals surface area contributed by atoms with Crippen molar-refractivity contribution in [1.29, 1.82) is 0 Å². The van der Waals surface area contributed by atoms with E-state index in [1.54, 1.807) is 4.90 Å². The van der Waals surface area contributed by atoms with Crippen LogP contribution >= 0.6 is 0 Å². The van der Waals surface area contributed by atoms with Crippen LogP contribution in [0.1, 0.15) is 34.1 Å². The van der Waals surface area contributed by atoms with Gasteiger partial charge in [-0.15, -0.1) is 0 Å². The number of amides is 1. The molecule has 96 valence electrons. The number of carbonyl (C=O) groups excluding carboxylic acids is 1. The number of carbonyl (C=O) groups is 1. The lowest BCUT2D eigenvalue weighted by molar-refractivity contribution is 0.0285. The van der Waals surface area contributed by atoms with E-state index in [0.29, 0.717) is 18.4 Å². The molecule has 1 aliphatic heterocycles. The van der Waals surface area contributed by atoms with Gasteiger partial charge in [0.05, 0.1) is 0 Å². The molecule has 0 N–H and O–H groups in total. The van der Waals surface area contributed by atoms with Crippen molar-refractivity contribution in [2.75, 3.05) is 19.6 Å². The van der Waals surface area contributed by atoms with E-state index in [4.69, 9.17) is 11.3 Å². The van der Waals surface area contributed by atoms with Gasteiger partial charge in [-0.3, -0.25) is 0 Å². The molecule has 0 spiro atoms. The highest BCUT2D eigenvalue weighted by molar-refractivity contribution is 5.68. The van der Waals surface area contributed by atoms with Crippen molar-refractivity contribution in [2.24, 2.45) is 11.8 Å². The molecule has 0 radical (unpaired) electrons. The van der Waals surface area contributed by atoms with Gasteiger partial charge < -0.3 is 14.5 Å². The number of hydrogen-bond acceptors (Lipinski definition) is 2. The Labute approximate surface area is 104 Å². The molecular formula is C13H22N2O2. The van der Waals surface area contributed by atoms with Crippen molar-refractivity contribution >= 4 is 6.09 Å². The lowest BCUT2D eigenvalue weighted by Crippen LogP contribution is -2.35. The molecule has 0 aromatic rings. The highest BCUT2D eigenvalue weighted by Gasteiger charge is 2.33. The molecular weight excluding hydrogens is 216 g/mol. The summed E-state index contributed by atoms with van der Waals surface area (Å²) in [6.07, 6.45) is 0.755. The fraction of sp³-hybridized carbons (Fsp3) is 0.846. The summed E-state index contributed by atoms with van der Waals surface area (Å²) in [6.45, 7) is 16.6. The molecule has 4 heteroatoms. The number of hydrogen-bond donors (Lipinski definition) is 0. The minimum atomic E-state index is -0.433. The van der Waals surface area contributed by atoms with E-state index in [0.717, 1.165) is 19.5 Å². The highest BCUT2D eigenvalue weighted by Crippen LogP contribution is 2.25. The maximum Gasteiger partial charge on any atom is 0.410 e. The molecule has 1 saturated heterocycles. The number of rotatable bonds is 2. The second-order valence-corrected chi connectivity index (χ2v) is 5.79. The SMILES string of the molecule is [C-]#[N+]CC(C)C1CCN(C(=O)OC(C)(C)C)C1. The Hall–Kier alpha value is -1.24. The van der Waals surface area contributed by atoms with Crippen LogP contribution in [-0.4, -0.2) is 36.2 Å². The summed E-state index contributed by atoms with van der Waals surface area (Å²) < 4.78 is 5.34. The molecule has 1 rings (SSSR count). The van der Waals surface area contributed by atoms with Crippen LogP contribution < -0.4 is 0 Å². The Balaban J connectivity index is 2.45. The summed E-state index contributed by atoms with van der Waals surface area (Å²) in [5.74, 6) is 0.802. The van der Waals surface area contributed by atoms with Gasteiger partial charge in [-0.05, 0) is 33.1 Å². The van der Waals surface area contributed by atoms with Gasteiger partial charge in [-0.25, -0.2) is 11.4 Å². The quantitative estimate of drug-likeness (QED) is 0.693. The smallest absolute Gasteiger partial charge is 0.410 e. The standard InChI is InChI=1S/C13H22N2O2/c1-10(8-14-5)11-6-7-15(9-11)12(16)17-13(2,3)4/h10-11H,6-9H2,1-4H3. The summed E-state index contributed by atoms with van der Waals surface area (Å²) in [4.78, 5) is 17.0. The van der Waals surface area contributed by atoms with Crippen LogP contribution in [-0.2, 0) is 4.74 Å². The zero-order valence-corrected chi connectivity index (χ0v) is 11.2. The second kappa shape index (κ2) is 5.39. The van der Waals surface area contributed by atoms with E-state index in [-0.39, 0.29) is 6.09 Å². The molecule has 2 atom stereocenters. The molecule has 1 amide bonds. The van der Waals surface area contributed by atoms with Crippen LogP contribution in [0.4, 0.5) is 4.79 Å². The van der Waals surface area contributed by atoms with E-state index in [1.807, 2.05) is 20.8 Å². The van der Waals surface area contributed by atoms with Crippen LogP contribution in [0.25, 0.3) is 4.85 Å². The molecule has 1 heterocycles. The van der Waals surface area contributed by atoms with Crippen molar-refractivity contribution in [3.8, 4) is 0 Å². The largest absolute Gasteiger partial charge is 0.444 e. The lowest BCUT2D eigenvalue weighted by Gasteiger charge is -2.24. The zero-order chi connectivity index (χ0) is 13.1. The van der Waals surface area contributed by atoms with Crippen molar-refractivity contribution in [2.45, 2.75) is 39.7 Å². The van der Waals surface area contributed by atoms with E-state index in [1.165, 1.54) is 0 Å². The Morgan fingerprint density at radius 1 is 1.59 bits per heavy atom. The van der Waals surface area contributed by atoms with Gasteiger partial charge in [0.2, 0.25) is 6.54 Å². The van der Waals surface area contributed by atoms with Gasteiger partial charge in [0.25, 0.3) is 0 Å². The maximum atomic E-state index is 11.8. The molecule has 1 fully saturated rings. The molecule has 0 saturated carbocycles. The number of ether oxygens (including phenoxy) is 1. The van der Waals surface area contributed by atoms with E-state index >= 15 is 0 Å². The van der Waals surface area contributed by atoms with Crippen LogP contribution in [0.15, 0.2) is 0 Å². The second-order valence-electron chi connectivity index (χ2n) is 5.79. The van der Waals surface area contributed by atoms with Gasteiger partial charge in [0.1, 0.15) is 5.60 Å². The molecule has 1 aliphatic rings. The zero-order valence-electron chi connectivity index (χ0n) is 11.2. The van der Waals surface area contributed by atoms with Crippen LogP contribution in [0.5, 0.6) is 0 Å². The fourth-order valence-electron chi connectivity index (χ4n) is 2.04. The predicted molar refractivity (Wildman–Crippen MR) is 66.5 cm³/mol. The monoisotopic (exact) mass is 238 g/mol. The van der Waals surface area contributed by atoms with E-state index in [9.17, 15) is 4.79 Å². The van der Waals surface area contributed by atoms with Crippen molar-refractivity contribution in [3.63, 3.8) is 0 Å². The van der Waals surface area contributed by atoms with Crippen molar-refractivity contribution < 1.29 is 9.53 Å². The Morgan fingerprint density at radius 2 is 2.24 bits per heavy atom. The number of likely N-dealkylation sites (tertiary alicyclic amines) is 1. The highest BCUT2D eigenvalue weighted by atomic mass is 16.6. The minimum absolute atomic E-state index is 0.227. The average molecular weight is 238 g/mol. The first kappa shape index (κ1) is 13.8. The Morgan fingerprint density at radius 3 is 2.76 bits per heavy atom. The topological polar surface area (TPSA) is 33.9 Å². The van der Waals surface area contributed by atoms with Gasteiger partial charge >= 0.3 is 6.09 Å². The van der Waals surface area contributed by atoms with E-state index in [2.05, 4.69) is 11.8 Å². The normalized spacial score (nSPS) is 22.1. The molecule has 0 aliphatic carbocycles. The maximum absolute atomic E-state index is 11.8. The van der Waals surface area contributed by atoms with Crippen LogP contribution in [0.2, 0.25) is 0 Å². The van der Waals surface area contributed by atoms with Gasteiger partial charge in [0, 0.05) is 19.0 Å². The Kier molecular flexibility index (Phi) is 4.39. The Bertz CT molecular complexity index is 314. The minimum Gasteiger partial charge on any atom is -0.444 e. The average Bonchev–Trinajstić information content (AvgIpc) is 2.63. The first-order valence-electron chi connectivity index (χ1n) is 6.14. The van der Waals surface area contributed by atoms with Crippen molar-refractivity contribution in [3.05, 3.63) is 11.4 Å². The molecule has 0 bridgehead atoms. The number of nitrogens with zero attached hydrogens (tertiary/aromatic N) is 2. The third-order valence-corrected chi connectivity index (χ3v) is 3.06. The van der Waals surface area contributed by atoms with Crippen LogP contribution in [0, 0.1) is 18.4 Å². The molecule has 2 unspecified atom stereocenters. The van der Waals surface area contributed by atoms with Gasteiger partial charge in [-0.2, -0.15) is 0 Å². The molecule has 0 aromatic heterocycles. The molecule has 0 aromatic carbocycles. The summed E-state index contributed by atoms with van der Waals surface area (Å²) in [5.41, 5.74) is -0.433. The summed E-state index contributed by atoms with van der Waals surface area (Å²) in [6, 6.07) is 0. The summed E-state index contributed by atoms with van der Waals surface area (Å²) >= 11 is 0.